The van der Waals surface area contributed by atoms with E-state index in [1.54, 1.807) is 16.2 Å². The van der Waals surface area contributed by atoms with E-state index < -0.39 is 0 Å². The first-order valence-electron chi connectivity index (χ1n) is 6.08. The van der Waals surface area contributed by atoms with Gasteiger partial charge in [0.1, 0.15) is 6.04 Å². The highest BCUT2D eigenvalue weighted by atomic mass is 32.1. The lowest BCUT2D eigenvalue weighted by molar-refractivity contribution is -0.138. The molecule has 0 radical (unpaired) electrons. The van der Waals surface area contributed by atoms with Crippen molar-refractivity contribution in [2.45, 2.75) is 32.5 Å². The maximum atomic E-state index is 12.3. The molecule has 1 amide bonds. The SMILES string of the molecule is Cc1ncsc1CN(C)C(=O)[C@H]1NCCO[C@@H]1C. The van der Waals surface area contributed by atoms with Crippen LogP contribution in [0, 0.1) is 6.92 Å². The topological polar surface area (TPSA) is 54.5 Å². The molecule has 0 saturated carbocycles. The van der Waals surface area contributed by atoms with Gasteiger partial charge in [-0.25, -0.2) is 4.98 Å². The van der Waals surface area contributed by atoms with Crippen molar-refractivity contribution in [1.29, 1.82) is 0 Å². The van der Waals surface area contributed by atoms with E-state index in [1.807, 2.05) is 26.4 Å². The van der Waals surface area contributed by atoms with E-state index in [0.717, 1.165) is 17.1 Å². The second-order valence-corrected chi connectivity index (χ2v) is 5.50. The van der Waals surface area contributed by atoms with E-state index in [-0.39, 0.29) is 18.1 Å². The van der Waals surface area contributed by atoms with Gasteiger partial charge in [0.2, 0.25) is 5.91 Å². The van der Waals surface area contributed by atoms with E-state index in [1.165, 1.54) is 0 Å². The highest BCUT2D eigenvalue weighted by Crippen LogP contribution is 2.15. The van der Waals surface area contributed by atoms with Crippen LogP contribution in [0.4, 0.5) is 0 Å². The summed E-state index contributed by atoms with van der Waals surface area (Å²) in [6.45, 7) is 5.91. The van der Waals surface area contributed by atoms with Crippen molar-refractivity contribution >= 4 is 17.2 Å². The Kier molecular flexibility index (Phi) is 4.31. The van der Waals surface area contributed by atoms with Crippen LogP contribution in [-0.2, 0) is 16.1 Å². The van der Waals surface area contributed by atoms with Gasteiger partial charge in [-0.2, -0.15) is 0 Å². The molecule has 5 nitrogen and oxygen atoms in total. The predicted octanol–water partition coefficient (Wildman–Crippen LogP) is 0.787. The third-order valence-corrected chi connectivity index (χ3v) is 4.10. The number of likely N-dealkylation sites (N-methyl/N-ethyl adjacent to an activating group) is 1. The molecule has 0 unspecified atom stereocenters. The molecule has 0 bridgehead atoms. The number of morpholine rings is 1. The number of amides is 1. The van der Waals surface area contributed by atoms with E-state index in [0.29, 0.717) is 13.2 Å². The number of nitrogens with one attached hydrogen (secondary N) is 1. The molecule has 0 aromatic carbocycles. The van der Waals surface area contributed by atoms with Crippen LogP contribution in [0.1, 0.15) is 17.5 Å². The Morgan fingerprint density at radius 2 is 2.50 bits per heavy atom. The van der Waals surface area contributed by atoms with Gasteiger partial charge in [0.05, 0.1) is 30.5 Å². The van der Waals surface area contributed by atoms with Crippen molar-refractivity contribution in [3.05, 3.63) is 16.1 Å². The summed E-state index contributed by atoms with van der Waals surface area (Å²) in [4.78, 5) is 19.4. The van der Waals surface area contributed by atoms with Gasteiger partial charge in [-0.1, -0.05) is 0 Å². The Morgan fingerprint density at radius 1 is 1.72 bits per heavy atom. The molecule has 1 fully saturated rings. The second-order valence-electron chi connectivity index (χ2n) is 4.56. The van der Waals surface area contributed by atoms with Gasteiger partial charge in [-0.3, -0.25) is 4.79 Å². The first-order valence-corrected chi connectivity index (χ1v) is 6.96. The first-order chi connectivity index (χ1) is 8.59. The molecule has 1 N–H and O–H groups in total. The molecule has 2 heterocycles. The monoisotopic (exact) mass is 269 g/mol. The van der Waals surface area contributed by atoms with E-state index >= 15 is 0 Å². The van der Waals surface area contributed by atoms with Crippen molar-refractivity contribution in [2.75, 3.05) is 20.2 Å². The average Bonchev–Trinajstić information content (AvgIpc) is 2.75. The van der Waals surface area contributed by atoms with Crippen LogP contribution in [0.3, 0.4) is 0 Å². The molecular weight excluding hydrogens is 250 g/mol. The van der Waals surface area contributed by atoms with E-state index in [4.69, 9.17) is 4.74 Å². The Labute approximate surface area is 111 Å². The molecule has 0 spiro atoms. The maximum Gasteiger partial charge on any atom is 0.242 e. The van der Waals surface area contributed by atoms with Crippen molar-refractivity contribution in [3.63, 3.8) is 0 Å². The Hall–Kier alpha value is -0.980. The molecule has 1 aromatic heterocycles. The van der Waals surface area contributed by atoms with Crippen molar-refractivity contribution in [2.24, 2.45) is 0 Å². The predicted molar refractivity (Wildman–Crippen MR) is 70.5 cm³/mol. The second kappa shape index (κ2) is 5.77. The summed E-state index contributed by atoms with van der Waals surface area (Å²) >= 11 is 1.59. The quantitative estimate of drug-likeness (QED) is 0.881. The van der Waals surface area contributed by atoms with E-state index in [9.17, 15) is 4.79 Å². The van der Waals surface area contributed by atoms with Crippen LogP contribution >= 0.6 is 11.3 Å². The minimum absolute atomic E-state index is 0.0729. The third-order valence-electron chi connectivity index (χ3n) is 3.18. The van der Waals surface area contributed by atoms with Crippen LogP contribution in [0.15, 0.2) is 5.51 Å². The summed E-state index contributed by atoms with van der Waals surface area (Å²) in [6.07, 6.45) is -0.0729. The Balaban J connectivity index is 1.98. The summed E-state index contributed by atoms with van der Waals surface area (Å²) in [5, 5.41) is 3.22. The summed E-state index contributed by atoms with van der Waals surface area (Å²) in [7, 11) is 1.82. The number of aromatic nitrogens is 1. The average molecular weight is 269 g/mol. The van der Waals surface area contributed by atoms with Gasteiger partial charge in [0.15, 0.2) is 0 Å². The van der Waals surface area contributed by atoms with Crippen LogP contribution in [0.25, 0.3) is 0 Å². The largest absolute Gasteiger partial charge is 0.375 e. The third kappa shape index (κ3) is 2.88. The highest BCUT2D eigenvalue weighted by molar-refractivity contribution is 7.09. The summed E-state index contributed by atoms with van der Waals surface area (Å²) in [5.41, 5.74) is 2.81. The molecule has 0 aliphatic carbocycles. The number of carbonyl (C=O) groups is 1. The van der Waals surface area contributed by atoms with Crippen LogP contribution < -0.4 is 5.32 Å². The van der Waals surface area contributed by atoms with Gasteiger partial charge in [0.25, 0.3) is 0 Å². The lowest BCUT2D eigenvalue weighted by Crippen LogP contribution is -2.55. The number of aryl methyl sites for hydroxylation is 1. The Bertz CT molecular complexity index is 421. The minimum Gasteiger partial charge on any atom is -0.375 e. The molecule has 18 heavy (non-hydrogen) atoms. The zero-order chi connectivity index (χ0) is 13.1. The number of ether oxygens (including phenoxy) is 1. The lowest BCUT2D eigenvalue weighted by Gasteiger charge is -2.32. The number of rotatable bonds is 3. The van der Waals surface area contributed by atoms with Crippen molar-refractivity contribution in [3.8, 4) is 0 Å². The molecule has 6 heteroatoms. The fourth-order valence-corrected chi connectivity index (χ4v) is 2.85. The maximum absolute atomic E-state index is 12.3. The zero-order valence-corrected chi connectivity index (χ0v) is 11.8. The number of thiazole rings is 1. The molecular formula is C12H19N3O2S. The van der Waals surface area contributed by atoms with Gasteiger partial charge in [-0.05, 0) is 13.8 Å². The Morgan fingerprint density at radius 3 is 3.11 bits per heavy atom. The summed E-state index contributed by atoms with van der Waals surface area (Å²) in [5.74, 6) is 0.0787. The zero-order valence-electron chi connectivity index (χ0n) is 11.0. The molecule has 1 aliphatic heterocycles. The molecule has 1 aliphatic rings. The molecule has 1 aromatic rings. The van der Waals surface area contributed by atoms with Crippen molar-refractivity contribution in [1.82, 2.24) is 15.2 Å². The highest BCUT2D eigenvalue weighted by Gasteiger charge is 2.30. The summed E-state index contributed by atoms with van der Waals surface area (Å²) in [6, 6.07) is -0.239. The minimum atomic E-state index is -0.239. The molecule has 100 valence electrons. The standard InChI is InChI=1S/C12H19N3O2S/c1-8-10(18-7-14-8)6-15(3)12(16)11-9(2)17-5-4-13-11/h7,9,11,13H,4-6H2,1-3H3/t9-,11+/m1/s1. The summed E-state index contributed by atoms with van der Waals surface area (Å²) < 4.78 is 5.50. The fraction of sp³-hybridized carbons (Fsp3) is 0.667. The van der Waals surface area contributed by atoms with Gasteiger partial charge in [-0.15, -0.1) is 11.3 Å². The molecule has 2 rings (SSSR count). The molecule has 1 saturated heterocycles. The van der Waals surface area contributed by atoms with Crippen LogP contribution in [0.5, 0.6) is 0 Å². The van der Waals surface area contributed by atoms with Gasteiger partial charge >= 0.3 is 0 Å². The number of nitrogens with zero attached hydrogens (tertiary/aromatic N) is 2. The lowest BCUT2D eigenvalue weighted by atomic mass is 10.1. The van der Waals surface area contributed by atoms with Gasteiger partial charge < -0.3 is 15.0 Å². The van der Waals surface area contributed by atoms with E-state index in [2.05, 4.69) is 10.3 Å². The van der Waals surface area contributed by atoms with Crippen LogP contribution in [-0.4, -0.2) is 48.1 Å². The number of hydrogen-bond acceptors (Lipinski definition) is 5. The first kappa shape index (κ1) is 13.5. The van der Waals surface area contributed by atoms with Gasteiger partial charge in [0, 0.05) is 18.5 Å². The smallest absolute Gasteiger partial charge is 0.242 e. The number of carbonyl (C=O) groups excluding carboxylic acids is 1. The number of hydrogen-bond donors (Lipinski definition) is 1. The van der Waals surface area contributed by atoms with Crippen LogP contribution in [0.2, 0.25) is 0 Å². The fourth-order valence-electron chi connectivity index (χ4n) is 2.02. The molecule has 2 atom stereocenters. The van der Waals surface area contributed by atoms with Crippen molar-refractivity contribution < 1.29 is 9.53 Å². The normalized spacial score (nSPS) is 23.9.